The molecule has 2 aliphatic rings. The molecule has 1 aromatic rings. The van der Waals surface area contributed by atoms with Gasteiger partial charge in [0.25, 0.3) is 5.91 Å². The van der Waals surface area contributed by atoms with Gasteiger partial charge in [0.2, 0.25) is 5.91 Å². The molecule has 0 aliphatic carbocycles. The Morgan fingerprint density at radius 1 is 1.20 bits per heavy atom. The summed E-state index contributed by atoms with van der Waals surface area (Å²) in [5.41, 5.74) is 6.56. The van der Waals surface area contributed by atoms with Crippen molar-refractivity contribution in [2.75, 3.05) is 38.2 Å². The molecule has 1 aromatic carbocycles. The number of carbonyl (C=O) groups excluding carboxylic acids is 2. The lowest BCUT2D eigenvalue weighted by molar-refractivity contribution is -0.130. The van der Waals surface area contributed by atoms with E-state index >= 15 is 0 Å². The van der Waals surface area contributed by atoms with Crippen molar-refractivity contribution in [1.29, 1.82) is 0 Å². The van der Waals surface area contributed by atoms with Gasteiger partial charge in [-0.05, 0) is 43.9 Å². The highest BCUT2D eigenvalue weighted by molar-refractivity contribution is 5.99. The predicted octanol–water partition coefficient (Wildman–Crippen LogP) is 2.04. The maximum atomic E-state index is 12.7. The van der Waals surface area contributed by atoms with Crippen LogP contribution in [0.5, 0.6) is 0 Å². The Labute approximate surface area is 154 Å². The lowest BCUT2D eigenvalue weighted by Crippen LogP contribution is -2.46. The Morgan fingerprint density at radius 3 is 2.52 bits per heavy atom. The number of rotatable bonds is 4. The van der Waals surface area contributed by atoms with Crippen molar-refractivity contribution in [2.45, 2.75) is 25.7 Å². The summed E-state index contributed by atoms with van der Waals surface area (Å²) in [7, 11) is 0. The van der Waals surface area contributed by atoms with Crippen LogP contribution in [-0.2, 0) is 9.53 Å². The number of carbonyl (C=O) groups is 2. The number of benzene rings is 1. The zero-order valence-corrected chi connectivity index (χ0v) is 15.1. The molecule has 2 heterocycles. The van der Waals surface area contributed by atoms with Gasteiger partial charge in [0.05, 0.1) is 5.41 Å². The third-order valence-corrected chi connectivity index (χ3v) is 5.08. The van der Waals surface area contributed by atoms with Crippen molar-refractivity contribution < 1.29 is 14.3 Å². The minimum Gasteiger partial charge on any atom is -0.381 e. The van der Waals surface area contributed by atoms with Crippen LogP contribution >= 0.6 is 12.4 Å². The molecule has 7 heteroatoms. The van der Waals surface area contributed by atoms with Crippen LogP contribution < -0.4 is 11.1 Å². The van der Waals surface area contributed by atoms with Gasteiger partial charge in [-0.1, -0.05) is 6.07 Å². The summed E-state index contributed by atoms with van der Waals surface area (Å²) in [4.78, 5) is 27.1. The van der Waals surface area contributed by atoms with Gasteiger partial charge in [-0.3, -0.25) is 9.59 Å². The van der Waals surface area contributed by atoms with Crippen molar-refractivity contribution in [1.82, 2.24) is 4.90 Å². The monoisotopic (exact) mass is 367 g/mol. The number of nitrogens with two attached hydrogens (primary N) is 1. The molecule has 2 amide bonds. The van der Waals surface area contributed by atoms with Crippen molar-refractivity contribution in [3.8, 4) is 0 Å². The summed E-state index contributed by atoms with van der Waals surface area (Å²) in [5, 5.41) is 2.94. The zero-order chi connectivity index (χ0) is 17.0. The van der Waals surface area contributed by atoms with Crippen molar-refractivity contribution in [3.63, 3.8) is 0 Å². The van der Waals surface area contributed by atoms with E-state index in [1.807, 2.05) is 11.0 Å². The summed E-state index contributed by atoms with van der Waals surface area (Å²) in [6.45, 7) is 3.03. The van der Waals surface area contributed by atoms with E-state index < -0.39 is 5.41 Å². The zero-order valence-electron chi connectivity index (χ0n) is 14.3. The van der Waals surface area contributed by atoms with Crippen LogP contribution in [-0.4, -0.2) is 49.6 Å². The minimum atomic E-state index is -0.576. The van der Waals surface area contributed by atoms with E-state index in [1.165, 1.54) is 0 Å². The van der Waals surface area contributed by atoms with Gasteiger partial charge in [-0.25, -0.2) is 0 Å². The van der Waals surface area contributed by atoms with E-state index in [9.17, 15) is 9.59 Å². The predicted molar refractivity (Wildman–Crippen MR) is 99.0 cm³/mol. The van der Waals surface area contributed by atoms with E-state index in [4.69, 9.17) is 10.5 Å². The maximum absolute atomic E-state index is 12.7. The average Bonchev–Trinajstić information content (AvgIpc) is 3.16. The van der Waals surface area contributed by atoms with Crippen LogP contribution in [0.3, 0.4) is 0 Å². The lowest BCUT2D eigenvalue weighted by Gasteiger charge is -2.34. The topological polar surface area (TPSA) is 84.7 Å². The molecule has 0 aromatic heterocycles. The Morgan fingerprint density at radius 2 is 1.88 bits per heavy atom. The number of ether oxygens (including phenoxy) is 1. The molecule has 3 rings (SSSR count). The molecule has 2 aliphatic heterocycles. The first kappa shape index (κ1) is 19.7. The fourth-order valence-corrected chi connectivity index (χ4v) is 3.38. The SMILES string of the molecule is Cl.NCC1(C(=O)Nc2cccc(C(=O)N3CCCC3)c2)CCOCC1. The van der Waals surface area contributed by atoms with Gasteiger partial charge in [-0.15, -0.1) is 12.4 Å². The molecular weight excluding hydrogens is 342 g/mol. The number of nitrogens with zero attached hydrogens (tertiary/aromatic N) is 1. The normalized spacial score (nSPS) is 19.2. The fourth-order valence-electron chi connectivity index (χ4n) is 3.38. The molecule has 2 saturated heterocycles. The quantitative estimate of drug-likeness (QED) is 0.852. The van der Waals surface area contributed by atoms with Gasteiger partial charge in [0.1, 0.15) is 0 Å². The van der Waals surface area contributed by atoms with Gasteiger partial charge in [-0.2, -0.15) is 0 Å². The number of anilines is 1. The number of hydrogen-bond donors (Lipinski definition) is 2. The Balaban J connectivity index is 0.00000225. The van der Waals surface area contributed by atoms with Crippen LogP contribution in [0.15, 0.2) is 24.3 Å². The Hall–Kier alpha value is -1.63. The second-order valence-corrected chi connectivity index (χ2v) is 6.63. The second-order valence-electron chi connectivity index (χ2n) is 6.63. The first-order chi connectivity index (χ1) is 11.6. The maximum Gasteiger partial charge on any atom is 0.253 e. The first-order valence-corrected chi connectivity index (χ1v) is 8.63. The van der Waals surface area contributed by atoms with Crippen LogP contribution in [0.4, 0.5) is 5.69 Å². The molecule has 0 radical (unpaired) electrons. The molecule has 3 N–H and O–H groups in total. The van der Waals surface area contributed by atoms with E-state index in [0.29, 0.717) is 43.9 Å². The summed E-state index contributed by atoms with van der Waals surface area (Å²) in [6, 6.07) is 7.16. The molecule has 0 unspecified atom stereocenters. The number of nitrogens with one attached hydrogen (secondary N) is 1. The first-order valence-electron chi connectivity index (χ1n) is 8.63. The number of amides is 2. The third kappa shape index (κ3) is 4.32. The largest absolute Gasteiger partial charge is 0.381 e. The number of halogens is 1. The molecule has 2 fully saturated rings. The average molecular weight is 368 g/mol. The summed E-state index contributed by atoms with van der Waals surface area (Å²) in [5.74, 6) is -0.0534. The van der Waals surface area contributed by atoms with Crippen molar-refractivity contribution in [3.05, 3.63) is 29.8 Å². The van der Waals surface area contributed by atoms with Crippen LogP contribution in [0.25, 0.3) is 0 Å². The minimum absolute atomic E-state index is 0. The molecule has 0 atom stereocenters. The molecule has 0 spiro atoms. The lowest BCUT2D eigenvalue weighted by atomic mass is 9.79. The third-order valence-electron chi connectivity index (χ3n) is 5.08. The van der Waals surface area contributed by atoms with Gasteiger partial charge in [0.15, 0.2) is 0 Å². The fraction of sp³-hybridized carbons (Fsp3) is 0.556. The van der Waals surface area contributed by atoms with Gasteiger partial charge >= 0.3 is 0 Å². The van der Waals surface area contributed by atoms with Crippen LogP contribution in [0.1, 0.15) is 36.0 Å². The highest BCUT2D eigenvalue weighted by atomic mass is 35.5. The molecule has 138 valence electrons. The van der Waals surface area contributed by atoms with E-state index in [1.54, 1.807) is 18.2 Å². The molecule has 25 heavy (non-hydrogen) atoms. The van der Waals surface area contributed by atoms with E-state index in [2.05, 4.69) is 5.32 Å². The Kier molecular flexibility index (Phi) is 6.81. The molecule has 0 bridgehead atoms. The molecule has 6 nitrogen and oxygen atoms in total. The van der Waals surface area contributed by atoms with Crippen molar-refractivity contribution >= 4 is 29.9 Å². The smallest absolute Gasteiger partial charge is 0.253 e. The number of likely N-dealkylation sites (tertiary alicyclic amines) is 1. The summed E-state index contributed by atoms with van der Waals surface area (Å²) in [6.07, 6.45) is 3.37. The Bertz CT molecular complexity index is 611. The van der Waals surface area contributed by atoms with Gasteiger partial charge in [0, 0.05) is 44.1 Å². The molecule has 0 saturated carbocycles. The van der Waals surface area contributed by atoms with Crippen molar-refractivity contribution in [2.24, 2.45) is 11.1 Å². The van der Waals surface area contributed by atoms with Gasteiger partial charge < -0.3 is 20.7 Å². The summed E-state index contributed by atoms with van der Waals surface area (Å²) < 4.78 is 5.35. The summed E-state index contributed by atoms with van der Waals surface area (Å²) >= 11 is 0. The highest BCUT2D eigenvalue weighted by Gasteiger charge is 2.38. The van der Waals surface area contributed by atoms with Crippen LogP contribution in [0.2, 0.25) is 0 Å². The second kappa shape index (κ2) is 8.65. The highest BCUT2D eigenvalue weighted by Crippen LogP contribution is 2.31. The molecular formula is C18H26ClN3O3. The number of hydrogen-bond acceptors (Lipinski definition) is 4. The van der Waals surface area contributed by atoms with E-state index in [0.717, 1.165) is 25.9 Å². The standard InChI is InChI=1S/C18H25N3O3.ClH/c19-13-18(6-10-24-11-7-18)17(23)20-15-5-3-4-14(12-15)16(22)21-8-1-2-9-21;/h3-5,12H,1-2,6-11,13,19H2,(H,20,23);1H. The van der Waals surface area contributed by atoms with Crippen LogP contribution in [0, 0.1) is 5.41 Å². The van der Waals surface area contributed by atoms with E-state index in [-0.39, 0.29) is 24.2 Å².